The van der Waals surface area contributed by atoms with E-state index in [-0.39, 0.29) is 12.8 Å². The van der Waals surface area contributed by atoms with Crippen molar-refractivity contribution in [3.63, 3.8) is 0 Å². The van der Waals surface area contributed by atoms with Crippen molar-refractivity contribution >= 4 is 46.9 Å². The molecule has 2 rings (SSSR count). The van der Waals surface area contributed by atoms with Gasteiger partial charge in [0.05, 0.1) is 18.6 Å². The summed E-state index contributed by atoms with van der Waals surface area (Å²) < 4.78 is 9.85. The molecule has 3 N–H and O–H groups in total. The van der Waals surface area contributed by atoms with Crippen LogP contribution in [0.3, 0.4) is 0 Å². The number of carbonyl (C=O) groups excluding carboxylic acids is 5. The number of hydrogen-bond acceptors (Lipinski definition) is 7. The highest BCUT2D eigenvalue weighted by Crippen LogP contribution is 2.11. The number of rotatable bonds is 10. The normalized spacial score (nSPS) is 10.1. The molecule has 0 unspecified atom stereocenters. The van der Waals surface area contributed by atoms with Gasteiger partial charge in [-0.15, -0.1) is 0 Å². The summed E-state index contributed by atoms with van der Waals surface area (Å²) in [6, 6.07) is 12.1. The van der Waals surface area contributed by atoms with E-state index in [2.05, 4.69) is 16.2 Å². The lowest BCUT2D eigenvalue weighted by Gasteiger charge is -2.09. The molecule has 2 aromatic carbocycles. The second-order valence-corrected chi connectivity index (χ2v) is 7.37. The smallest absolute Gasteiger partial charge is 0.338 e. The minimum atomic E-state index is -0.761. The van der Waals surface area contributed by atoms with Gasteiger partial charge in [-0.1, -0.05) is 18.5 Å². The molecule has 0 aliphatic heterocycles. The lowest BCUT2D eigenvalue weighted by molar-refractivity contribution is -0.148. The van der Waals surface area contributed by atoms with Crippen LogP contribution in [0.15, 0.2) is 48.5 Å². The summed E-state index contributed by atoms with van der Waals surface area (Å²) in [7, 11) is 0. The van der Waals surface area contributed by atoms with Crippen LogP contribution < -0.4 is 16.2 Å². The van der Waals surface area contributed by atoms with Gasteiger partial charge in [-0.05, 0) is 55.0 Å². The standard InChI is InChI=1S/C23H24ClN3O7/c1-2-13-33-23(32)16-5-9-18(10-6-16)25-20(29)14-34-21(30)12-11-19(28)26-27-22(31)15-3-7-17(24)8-4-15/h3-10H,2,11-14H2,1H3,(H,25,29)(H,26,28)(H,27,31). The fourth-order valence-electron chi connectivity index (χ4n) is 2.46. The monoisotopic (exact) mass is 489 g/mol. The number of nitrogens with one attached hydrogen (secondary N) is 3. The summed E-state index contributed by atoms with van der Waals surface area (Å²) in [5.41, 5.74) is 5.44. The Hall–Kier alpha value is -3.92. The van der Waals surface area contributed by atoms with Crippen LogP contribution in [-0.2, 0) is 23.9 Å². The van der Waals surface area contributed by atoms with E-state index >= 15 is 0 Å². The average molecular weight is 490 g/mol. The molecule has 0 atom stereocenters. The molecule has 10 nitrogen and oxygen atoms in total. The maximum atomic E-state index is 11.9. The Morgan fingerprint density at radius 3 is 2.09 bits per heavy atom. The molecule has 0 heterocycles. The molecule has 3 amide bonds. The number of halogens is 1. The quantitative estimate of drug-likeness (QED) is 0.344. The van der Waals surface area contributed by atoms with E-state index < -0.39 is 36.3 Å². The zero-order valence-electron chi connectivity index (χ0n) is 18.4. The van der Waals surface area contributed by atoms with E-state index in [0.717, 1.165) is 0 Å². The van der Waals surface area contributed by atoms with Crippen molar-refractivity contribution in [1.82, 2.24) is 10.9 Å². The van der Waals surface area contributed by atoms with Crippen molar-refractivity contribution < 1.29 is 33.4 Å². The van der Waals surface area contributed by atoms with Gasteiger partial charge in [0.2, 0.25) is 5.91 Å². The molecule has 2 aromatic rings. The Kier molecular flexibility index (Phi) is 10.5. The van der Waals surface area contributed by atoms with Gasteiger partial charge in [0.25, 0.3) is 11.8 Å². The fourth-order valence-corrected chi connectivity index (χ4v) is 2.59. The van der Waals surface area contributed by atoms with Gasteiger partial charge < -0.3 is 14.8 Å². The number of benzene rings is 2. The summed E-state index contributed by atoms with van der Waals surface area (Å²) in [6.07, 6.45) is 0.172. The summed E-state index contributed by atoms with van der Waals surface area (Å²) >= 11 is 5.74. The molecule has 0 radical (unpaired) electrons. The molecule has 0 bridgehead atoms. The van der Waals surface area contributed by atoms with Gasteiger partial charge in [-0.2, -0.15) is 0 Å². The van der Waals surface area contributed by atoms with Crippen LogP contribution in [0.4, 0.5) is 5.69 Å². The van der Waals surface area contributed by atoms with Crippen molar-refractivity contribution in [2.45, 2.75) is 26.2 Å². The number of amides is 3. The van der Waals surface area contributed by atoms with Crippen molar-refractivity contribution in [2.75, 3.05) is 18.5 Å². The second-order valence-electron chi connectivity index (χ2n) is 6.93. The number of hydrogen-bond donors (Lipinski definition) is 3. The zero-order valence-corrected chi connectivity index (χ0v) is 19.1. The van der Waals surface area contributed by atoms with Gasteiger partial charge in [0.15, 0.2) is 6.61 Å². The first-order valence-electron chi connectivity index (χ1n) is 10.4. The number of hydrazine groups is 1. The highest BCUT2D eigenvalue weighted by molar-refractivity contribution is 6.30. The molecular formula is C23H24ClN3O7. The topological polar surface area (TPSA) is 140 Å². The molecule has 0 aliphatic carbocycles. The van der Waals surface area contributed by atoms with Crippen molar-refractivity contribution in [2.24, 2.45) is 0 Å². The lowest BCUT2D eigenvalue weighted by atomic mass is 10.2. The van der Waals surface area contributed by atoms with Gasteiger partial charge in [0.1, 0.15) is 0 Å². The highest BCUT2D eigenvalue weighted by atomic mass is 35.5. The van der Waals surface area contributed by atoms with Crippen molar-refractivity contribution in [3.8, 4) is 0 Å². The third-order valence-electron chi connectivity index (χ3n) is 4.18. The van der Waals surface area contributed by atoms with Crippen LogP contribution >= 0.6 is 11.6 Å². The van der Waals surface area contributed by atoms with E-state index in [1.54, 1.807) is 0 Å². The van der Waals surface area contributed by atoms with Crippen LogP contribution in [0.2, 0.25) is 5.02 Å². The van der Waals surface area contributed by atoms with Gasteiger partial charge in [-0.25, -0.2) is 4.79 Å². The second kappa shape index (κ2) is 13.6. The molecule has 11 heteroatoms. The predicted molar refractivity (Wildman–Crippen MR) is 123 cm³/mol. The van der Waals surface area contributed by atoms with Crippen molar-refractivity contribution in [3.05, 3.63) is 64.7 Å². The van der Waals surface area contributed by atoms with E-state index in [1.807, 2.05) is 6.92 Å². The lowest BCUT2D eigenvalue weighted by Crippen LogP contribution is -2.41. The fraction of sp³-hybridized carbons (Fsp3) is 0.261. The molecule has 0 aliphatic rings. The van der Waals surface area contributed by atoms with E-state index in [4.69, 9.17) is 21.1 Å². The molecule has 0 saturated heterocycles. The van der Waals surface area contributed by atoms with E-state index in [9.17, 15) is 24.0 Å². The SMILES string of the molecule is CCCOC(=O)c1ccc(NC(=O)COC(=O)CCC(=O)NNC(=O)c2ccc(Cl)cc2)cc1. The van der Waals surface area contributed by atoms with E-state index in [1.165, 1.54) is 48.5 Å². The number of anilines is 1. The molecule has 0 aromatic heterocycles. The molecule has 0 spiro atoms. The van der Waals surface area contributed by atoms with Crippen LogP contribution in [0.1, 0.15) is 46.9 Å². The molecule has 0 fully saturated rings. The Morgan fingerprint density at radius 2 is 1.44 bits per heavy atom. The minimum absolute atomic E-state index is 0.253. The Balaban J connectivity index is 1.65. The summed E-state index contributed by atoms with van der Waals surface area (Å²) in [6.45, 7) is 1.66. The van der Waals surface area contributed by atoms with E-state index in [0.29, 0.717) is 34.9 Å². The van der Waals surface area contributed by atoms with Gasteiger partial charge in [0, 0.05) is 22.7 Å². The third kappa shape index (κ3) is 9.29. The summed E-state index contributed by atoms with van der Waals surface area (Å²) in [4.78, 5) is 59.1. The molecule has 0 saturated carbocycles. The van der Waals surface area contributed by atoms with Gasteiger partial charge in [-0.3, -0.25) is 30.0 Å². The third-order valence-corrected chi connectivity index (χ3v) is 4.44. The van der Waals surface area contributed by atoms with Gasteiger partial charge >= 0.3 is 11.9 Å². The maximum Gasteiger partial charge on any atom is 0.338 e. The number of ether oxygens (including phenoxy) is 2. The first-order chi connectivity index (χ1) is 16.3. The van der Waals surface area contributed by atoms with Crippen LogP contribution in [0.5, 0.6) is 0 Å². The average Bonchev–Trinajstić information content (AvgIpc) is 2.84. The molecule has 180 valence electrons. The summed E-state index contributed by atoms with van der Waals surface area (Å²) in [5, 5.41) is 2.99. The largest absolute Gasteiger partial charge is 0.462 e. The molecular weight excluding hydrogens is 466 g/mol. The van der Waals surface area contributed by atoms with Crippen LogP contribution in [-0.4, -0.2) is 42.9 Å². The maximum absolute atomic E-state index is 11.9. The highest BCUT2D eigenvalue weighted by Gasteiger charge is 2.13. The number of carbonyl (C=O) groups is 5. The minimum Gasteiger partial charge on any atom is -0.462 e. The summed E-state index contributed by atoms with van der Waals surface area (Å²) in [5.74, 6) is -2.96. The number of esters is 2. The Bertz CT molecular complexity index is 1020. The first kappa shape index (κ1) is 26.3. The predicted octanol–water partition coefficient (Wildman–Crippen LogP) is 2.63. The Morgan fingerprint density at radius 1 is 0.794 bits per heavy atom. The van der Waals surface area contributed by atoms with Crippen LogP contribution in [0, 0.1) is 0 Å². The zero-order chi connectivity index (χ0) is 24.9. The van der Waals surface area contributed by atoms with Crippen LogP contribution in [0.25, 0.3) is 0 Å². The first-order valence-corrected chi connectivity index (χ1v) is 10.7. The van der Waals surface area contributed by atoms with Crippen molar-refractivity contribution in [1.29, 1.82) is 0 Å². The Labute approximate surface area is 200 Å². The molecule has 34 heavy (non-hydrogen) atoms.